The summed E-state index contributed by atoms with van der Waals surface area (Å²) in [5.41, 5.74) is 2.34. The second kappa shape index (κ2) is 5.31. The summed E-state index contributed by atoms with van der Waals surface area (Å²) < 4.78 is 3.45. The zero-order valence-corrected chi connectivity index (χ0v) is 13.7. The van der Waals surface area contributed by atoms with E-state index in [0.717, 1.165) is 22.0 Å². The number of fused-ring (bicyclic) bond motifs is 1. The molecule has 0 saturated heterocycles. The van der Waals surface area contributed by atoms with Crippen molar-refractivity contribution >= 4 is 16.7 Å². The van der Waals surface area contributed by atoms with Gasteiger partial charge in [-0.25, -0.2) is 0 Å². The van der Waals surface area contributed by atoms with Crippen LogP contribution >= 0.6 is 0 Å². The number of nitrogens with zero attached hydrogens (tertiary/aromatic N) is 4. The molecular weight excluding hydrogens is 292 g/mol. The molecule has 0 fully saturated rings. The van der Waals surface area contributed by atoms with Gasteiger partial charge in [0, 0.05) is 31.1 Å². The highest BCUT2D eigenvalue weighted by Crippen LogP contribution is 2.27. The zero-order valence-electron chi connectivity index (χ0n) is 13.7. The van der Waals surface area contributed by atoms with E-state index in [1.807, 2.05) is 31.4 Å². The highest BCUT2D eigenvalue weighted by atomic mass is 16.3. The maximum Gasteiger partial charge on any atom is 0.180 e. The number of carbonyl (C=O) groups is 1. The number of aliphatic hydroxyl groups is 1. The van der Waals surface area contributed by atoms with Crippen LogP contribution in [0.2, 0.25) is 0 Å². The summed E-state index contributed by atoms with van der Waals surface area (Å²) in [5.74, 6) is -0.0846. The van der Waals surface area contributed by atoms with Gasteiger partial charge in [0.15, 0.2) is 5.78 Å². The van der Waals surface area contributed by atoms with Crippen molar-refractivity contribution in [3.05, 3.63) is 36.3 Å². The Bertz CT molecular complexity index is 884. The van der Waals surface area contributed by atoms with Gasteiger partial charge in [-0.1, -0.05) is 6.07 Å². The molecule has 0 aliphatic heterocycles. The minimum atomic E-state index is -0.919. The van der Waals surface area contributed by atoms with Crippen molar-refractivity contribution in [3.63, 3.8) is 0 Å². The summed E-state index contributed by atoms with van der Waals surface area (Å²) in [6, 6.07) is 5.85. The predicted octanol–water partition coefficient (Wildman–Crippen LogP) is 2.41. The maximum atomic E-state index is 11.8. The summed E-state index contributed by atoms with van der Waals surface area (Å²) in [5, 5.41) is 19.5. The van der Waals surface area contributed by atoms with Crippen LogP contribution in [0.4, 0.5) is 0 Å². The monoisotopic (exact) mass is 312 g/mol. The lowest BCUT2D eigenvalue weighted by molar-refractivity contribution is 0.0588. The molecule has 0 bridgehead atoms. The molecule has 0 aliphatic rings. The van der Waals surface area contributed by atoms with Crippen molar-refractivity contribution in [2.75, 3.05) is 0 Å². The lowest BCUT2D eigenvalue weighted by Crippen LogP contribution is -2.26. The predicted molar refractivity (Wildman–Crippen MR) is 88.2 cm³/mol. The minimum Gasteiger partial charge on any atom is -0.389 e. The highest BCUT2D eigenvalue weighted by molar-refractivity contribution is 6.05. The number of hydrogen-bond donors (Lipinski definition) is 1. The summed E-state index contributed by atoms with van der Waals surface area (Å²) in [7, 11) is 1.87. The number of ketones is 1. The quantitative estimate of drug-likeness (QED) is 0.751. The SMILES string of the molecule is CC(=O)c1nn(CC(C)(C)O)c2cc(-c3cnn(C)c3)ccc12. The number of rotatable bonds is 4. The molecule has 0 unspecified atom stereocenters. The van der Waals surface area contributed by atoms with Crippen LogP contribution < -0.4 is 0 Å². The van der Waals surface area contributed by atoms with Crippen molar-refractivity contribution in [1.29, 1.82) is 0 Å². The minimum absolute atomic E-state index is 0.0846. The van der Waals surface area contributed by atoms with E-state index in [2.05, 4.69) is 10.2 Å². The Morgan fingerprint density at radius 2 is 2.04 bits per heavy atom. The lowest BCUT2D eigenvalue weighted by atomic mass is 10.1. The van der Waals surface area contributed by atoms with Gasteiger partial charge in [0.1, 0.15) is 5.69 Å². The molecule has 2 aromatic heterocycles. The van der Waals surface area contributed by atoms with Crippen molar-refractivity contribution in [3.8, 4) is 11.1 Å². The number of aryl methyl sites for hydroxylation is 1. The van der Waals surface area contributed by atoms with Crippen molar-refractivity contribution < 1.29 is 9.90 Å². The zero-order chi connectivity index (χ0) is 16.8. The van der Waals surface area contributed by atoms with Crippen LogP contribution in [-0.4, -0.2) is 36.1 Å². The number of benzene rings is 1. The average molecular weight is 312 g/mol. The van der Waals surface area contributed by atoms with E-state index in [0.29, 0.717) is 12.2 Å². The molecule has 0 atom stereocenters. The van der Waals surface area contributed by atoms with Crippen molar-refractivity contribution in [1.82, 2.24) is 19.6 Å². The van der Waals surface area contributed by atoms with Crippen molar-refractivity contribution in [2.45, 2.75) is 32.9 Å². The molecule has 1 aromatic carbocycles. The summed E-state index contributed by atoms with van der Waals surface area (Å²) in [6.45, 7) is 5.26. The molecule has 3 aromatic rings. The Morgan fingerprint density at radius 1 is 1.30 bits per heavy atom. The number of aromatic nitrogens is 4. The first-order chi connectivity index (χ1) is 10.7. The van der Waals surface area contributed by atoms with Gasteiger partial charge in [-0.2, -0.15) is 10.2 Å². The summed E-state index contributed by atoms with van der Waals surface area (Å²) >= 11 is 0. The van der Waals surface area contributed by atoms with Crippen LogP contribution in [0, 0.1) is 0 Å². The third-order valence-corrected chi connectivity index (χ3v) is 3.66. The molecule has 0 radical (unpaired) electrons. The molecule has 23 heavy (non-hydrogen) atoms. The molecule has 3 rings (SSSR count). The third kappa shape index (κ3) is 3.03. The van der Waals surface area contributed by atoms with Crippen LogP contribution in [0.25, 0.3) is 22.0 Å². The standard InChI is InChI=1S/C17H20N4O2/c1-11(22)16-14-6-5-12(13-8-18-20(4)9-13)7-15(14)21(19-16)10-17(2,3)23/h5-9,23H,10H2,1-4H3. The highest BCUT2D eigenvalue weighted by Gasteiger charge is 2.20. The number of hydrogen-bond acceptors (Lipinski definition) is 4. The topological polar surface area (TPSA) is 72.9 Å². The lowest BCUT2D eigenvalue weighted by Gasteiger charge is -2.17. The van der Waals surface area contributed by atoms with Crippen LogP contribution in [0.1, 0.15) is 31.3 Å². The van der Waals surface area contributed by atoms with E-state index in [1.54, 1.807) is 29.4 Å². The van der Waals surface area contributed by atoms with E-state index < -0.39 is 5.60 Å². The average Bonchev–Trinajstić information content (AvgIpc) is 3.01. The van der Waals surface area contributed by atoms with Gasteiger partial charge in [-0.15, -0.1) is 0 Å². The second-order valence-electron chi connectivity index (χ2n) is 6.51. The smallest absolute Gasteiger partial charge is 0.180 e. The van der Waals surface area contributed by atoms with Crippen LogP contribution in [0.3, 0.4) is 0 Å². The second-order valence-corrected chi connectivity index (χ2v) is 6.51. The van der Waals surface area contributed by atoms with Gasteiger partial charge in [0.25, 0.3) is 0 Å². The van der Waals surface area contributed by atoms with Gasteiger partial charge in [-0.05, 0) is 31.5 Å². The first kappa shape index (κ1) is 15.4. The molecule has 6 nitrogen and oxygen atoms in total. The molecule has 0 saturated carbocycles. The molecule has 0 aliphatic carbocycles. The van der Waals surface area contributed by atoms with Crippen LogP contribution in [0.5, 0.6) is 0 Å². The van der Waals surface area contributed by atoms with Crippen LogP contribution in [0.15, 0.2) is 30.6 Å². The van der Waals surface area contributed by atoms with Gasteiger partial charge < -0.3 is 5.11 Å². The first-order valence-electron chi connectivity index (χ1n) is 7.47. The Kier molecular flexibility index (Phi) is 3.56. The fraction of sp³-hybridized carbons (Fsp3) is 0.353. The van der Waals surface area contributed by atoms with Gasteiger partial charge in [0.05, 0.1) is 23.9 Å². The molecule has 2 heterocycles. The molecule has 120 valence electrons. The largest absolute Gasteiger partial charge is 0.389 e. The molecule has 0 spiro atoms. The van der Waals surface area contributed by atoms with Gasteiger partial charge >= 0.3 is 0 Å². The van der Waals surface area contributed by atoms with Gasteiger partial charge in [-0.3, -0.25) is 14.2 Å². The Labute approximate surface area is 134 Å². The Balaban J connectivity index is 2.19. The Morgan fingerprint density at radius 3 is 2.61 bits per heavy atom. The molecule has 6 heteroatoms. The number of carbonyl (C=O) groups excluding carboxylic acids is 1. The normalized spacial score (nSPS) is 12.0. The number of Topliss-reactive ketones (excluding diaryl/α,β-unsaturated/α-hetero) is 1. The fourth-order valence-corrected chi connectivity index (χ4v) is 2.67. The first-order valence-corrected chi connectivity index (χ1v) is 7.47. The maximum absolute atomic E-state index is 11.8. The molecule has 0 amide bonds. The third-order valence-electron chi connectivity index (χ3n) is 3.66. The van der Waals surface area contributed by atoms with E-state index in [-0.39, 0.29) is 5.78 Å². The van der Waals surface area contributed by atoms with E-state index in [9.17, 15) is 9.90 Å². The van der Waals surface area contributed by atoms with Gasteiger partial charge in [0.2, 0.25) is 0 Å². The fourth-order valence-electron chi connectivity index (χ4n) is 2.67. The summed E-state index contributed by atoms with van der Waals surface area (Å²) in [6.07, 6.45) is 3.73. The Hall–Kier alpha value is -2.47. The van der Waals surface area contributed by atoms with Crippen molar-refractivity contribution in [2.24, 2.45) is 7.05 Å². The van der Waals surface area contributed by atoms with E-state index >= 15 is 0 Å². The molecular formula is C17H20N4O2. The molecule has 1 N–H and O–H groups in total. The van der Waals surface area contributed by atoms with E-state index in [4.69, 9.17) is 0 Å². The summed E-state index contributed by atoms with van der Waals surface area (Å²) in [4.78, 5) is 11.8. The van der Waals surface area contributed by atoms with Crippen LogP contribution in [-0.2, 0) is 13.6 Å². The van der Waals surface area contributed by atoms with E-state index in [1.165, 1.54) is 6.92 Å².